The van der Waals surface area contributed by atoms with Crippen LogP contribution in [0, 0.1) is 0 Å². The van der Waals surface area contributed by atoms with Crippen LogP contribution in [0.5, 0.6) is 0 Å². The molecule has 74 valence electrons. The Kier molecular flexibility index (Phi) is 3.75. The van der Waals surface area contributed by atoms with Crippen molar-refractivity contribution in [2.24, 2.45) is 0 Å². The van der Waals surface area contributed by atoms with E-state index in [1.54, 1.807) is 6.33 Å². The van der Waals surface area contributed by atoms with Crippen LogP contribution < -0.4 is 0 Å². The Morgan fingerprint density at radius 1 is 1.46 bits per heavy atom. The molecule has 1 N–H and O–H groups in total. The summed E-state index contributed by atoms with van der Waals surface area (Å²) >= 11 is 0. The lowest BCUT2D eigenvalue weighted by molar-refractivity contribution is 0.253. The second-order valence-corrected chi connectivity index (χ2v) is 3.57. The van der Waals surface area contributed by atoms with E-state index in [4.69, 9.17) is 0 Å². The number of nitrogens with one attached hydrogen (secondary N) is 1. The fraction of sp³-hybridized carbons (Fsp3) is 0.667. The first-order chi connectivity index (χ1) is 5.86. The van der Waals surface area contributed by atoms with Crippen LogP contribution in [0.2, 0.25) is 0 Å². The van der Waals surface area contributed by atoms with Crippen molar-refractivity contribution in [1.29, 1.82) is 0 Å². The van der Waals surface area contributed by atoms with Gasteiger partial charge in [-0.25, -0.2) is 4.98 Å². The number of halogens is 1. The number of rotatable bonds is 1. The third-order valence-electron chi connectivity index (χ3n) is 2.66. The molecule has 2 rings (SSSR count). The highest BCUT2D eigenvalue weighted by atomic mass is 35.5. The molecule has 0 bridgehead atoms. The van der Waals surface area contributed by atoms with Crippen LogP contribution in [0.3, 0.4) is 0 Å². The lowest BCUT2D eigenvalue weighted by Crippen LogP contribution is -2.29. The molecule has 1 aromatic heterocycles. The molecule has 1 fully saturated rings. The van der Waals surface area contributed by atoms with Crippen LogP contribution in [0.1, 0.15) is 24.5 Å². The van der Waals surface area contributed by atoms with Gasteiger partial charge in [0.1, 0.15) is 0 Å². The fourth-order valence-electron chi connectivity index (χ4n) is 1.80. The zero-order valence-electron chi connectivity index (χ0n) is 7.86. The van der Waals surface area contributed by atoms with Crippen molar-refractivity contribution in [1.82, 2.24) is 14.9 Å². The van der Waals surface area contributed by atoms with Crippen molar-refractivity contribution < 1.29 is 0 Å². The van der Waals surface area contributed by atoms with Crippen LogP contribution in [0.4, 0.5) is 0 Å². The molecule has 0 amide bonds. The summed E-state index contributed by atoms with van der Waals surface area (Å²) in [6.07, 6.45) is 6.30. The molecular formula is C9H16ClN3. The minimum atomic E-state index is 0. The molecule has 0 unspecified atom stereocenters. The van der Waals surface area contributed by atoms with Crippen LogP contribution in [0.25, 0.3) is 0 Å². The van der Waals surface area contributed by atoms with Gasteiger partial charge in [-0.1, -0.05) is 0 Å². The quantitative estimate of drug-likeness (QED) is 0.749. The van der Waals surface area contributed by atoms with Gasteiger partial charge in [0.2, 0.25) is 0 Å². The van der Waals surface area contributed by atoms with Crippen LogP contribution in [0.15, 0.2) is 12.5 Å². The van der Waals surface area contributed by atoms with E-state index in [1.807, 2.05) is 6.20 Å². The van der Waals surface area contributed by atoms with Crippen molar-refractivity contribution >= 4 is 12.4 Å². The summed E-state index contributed by atoms with van der Waals surface area (Å²) < 4.78 is 0. The molecule has 0 spiro atoms. The van der Waals surface area contributed by atoms with E-state index in [9.17, 15) is 0 Å². The molecule has 2 heterocycles. The van der Waals surface area contributed by atoms with Gasteiger partial charge in [-0.05, 0) is 33.0 Å². The Labute approximate surface area is 85.0 Å². The van der Waals surface area contributed by atoms with Gasteiger partial charge in [-0.2, -0.15) is 0 Å². The van der Waals surface area contributed by atoms with Crippen LogP contribution in [-0.2, 0) is 0 Å². The first-order valence-corrected chi connectivity index (χ1v) is 4.53. The Balaban J connectivity index is 0.000000845. The van der Waals surface area contributed by atoms with Gasteiger partial charge in [-0.3, -0.25) is 0 Å². The van der Waals surface area contributed by atoms with E-state index in [2.05, 4.69) is 21.9 Å². The summed E-state index contributed by atoms with van der Waals surface area (Å²) in [7, 11) is 2.18. The Bertz CT molecular complexity index is 227. The summed E-state index contributed by atoms with van der Waals surface area (Å²) in [5.74, 6) is 0.687. The smallest absolute Gasteiger partial charge is 0.0923 e. The molecule has 0 radical (unpaired) electrons. The van der Waals surface area contributed by atoms with Crippen molar-refractivity contribution in [3.8, 4) is 0 Å². The molecule has 1 saturated heterocycles. The zero-order valence-corrected chi connectivity index (χ0v) is 8.68. The molecule has 1 aromatic rings. The predicted octanol–water partition coefficient (Wildman–Crippen LogP) is 1.64. The predicted molar refractivity (Wildman–Crippen MR) is 55.3 cm³/mol. The van der Waals surface area contributed by atoms with Gasteiger partial charge in [0.05, 0.1) is 12.0 Å². The summed E-state index contributed by atoms with van der Waals surface area (Å²) in [6, 6.07) is 0. The summed E-state index contributed by atoms with van der Waals surface area (Å²) in [4.78, 5) is 9.68. The first kappa shape index (κ1) is 10.5. The summed E-state index contributed by atoms with van der Waals surface area (Å²) in [5.41, 5.74) is 1.24. The number of hydrogen-bond donors (Lipinski definition) is 1. The number of likely N-dealkylation sites (tertiary alicyclic amines) is 1. The minimum absolute atomic E-state index is 0. The van der Waals surface area contributed by atoms with Crippen molar-refractivity contribution in [2.75, 3.05) is 20.1 Å². The van der Waals surface area contributed by atoms with E-state index in [1.165, 1.54) is 31.6 Å². The highest BCUT2D eigenvalue weighted by molar-refractivity contribution is 5.85. The molecule has 1 aliphatic heterocycles. The monoisotopic (exact) mass is 201 g/mol. The second kappa shape index (κ2) is 4.63. The van der Waals surface area contributed by atoms with Crippen LogP contribution in [-0.4, -0.2) is 35.0 Å². The summed E-state index contributed by atoms with van der Waals surface area (Å²) in [6.45, 7) is 2.41. The molecule has 0 atom stereocenters. The highest BCUT2D eigenvalue weighted by Gasteiger charge is 2.19. The van der Waals surface area contributed by atoms with Gasteiger partial charge >= 0.3 is 0 Å². The van der Waals surface area contributed by atoms with Crippen LogP contribution >= 0.6 is 12.4 Å². The van der Waals surface area contributed by atoms with E-state index in [-0.39, 0.29) is 12.4 Å². The lowest BCUT2D eigenvalue weighted by atomic mass is 9.94. The minimum Gasteiger partial charge on any atom is -0.351 e. The molecule has 3 nitrogen and oxygen atoms in total. The van der Waals surface area contributed by atoms with Crippen molar-refractivity contribution in [3.05, 3.63) is 18.2 Å². The molecule has 0 saturated carbocycles. The normalized spacial score (nSPS) is 19.8. The topological polar surface area (TPSA) is 31.9 Å². The fourth-order valence-corrected chi connectivity index (χ4v) is 1.80. The van der Waals surface area contributed by atoms with Gasteiger partial charge in [-0.15, -0.1) is 12.4 Å². The van der Waals surface area contributed by atoms with Gasteiger partial charge in [0.25, 0.3) is 0 Å². The van der Waals surface area contributed by atoms with E-state index in [0.29, 0.717) is 5.92 Å². The first-order valence-electron chi connectivity index (χ1n) is 4.53. The number of nitrogens with zero attached hydrogens (tertiary/aromatic N) is 2. The highest BCUT2D eigenvalue weighted by Crippen LogP contribution is 2.24. The third kappa shape index (κ3) is 2.45. The number of piperidine rings is 1. The number of aromatic amines is 1. The van der Waals surface area contributed by atoms with Gasteiger partial charge < -0.3 is 9.88 Å². The Hall–Kier alpha value is -0.540. The molecule has 0 aliphatic carbocycles. The number of aromatic nitrogens is 2. The standard InChI is InChI=1S/C9H15N3.ClH/c1-12-4-2-8(3-5-12)9-6-10-7-11-9;/h6-8H,2-5H2,1H3,(H,10,11);1H. The molecular weight excluding hydrogens is 186 g/mol. The van der Waals surface area contributed by atoms with E-state index < -0.39 is 0 Å². The van der Waals surface area contributed by atoms with E-state index >= 15 is 0 Å². The zero-order chi connectivity index (χ0) is 8.39. The second-order valence-electron chi connectivity index (χ2n) is 3.57. The van der Waals surface area contributed by atoms with Crippen molar-refractivity contribution in [2.45, 2.75) is 18.8 Å². The largest absolute Gasteiger partial charge is 0.351 e. The maximum absolute atomic E-state index is 4.29. The Morgan fingerprint density at radius 2 is 2.15 bits per heavy atom. The SMILES string of the molecule is CN1CCC(c2c[nH]cn2)CC1.Cl. The molecule has 0 aromatic carbocycles. The Morgan fingerprint density at radius 3 is 2.69 bits per heavy atom. The maximum Gasteiger partial charge on any atom is 0.0923 e. The number of hydrogen-bond acceptors (Lipinski definition) is 2. The average Bonchev–Trinajstić information content (AvgIpc) is 2.58. The van der Waals surface area contributed by atoms with Gasteiger partial charge in [0.15, 0.2) is 0 Å². The van der Waals surface area contributed by atoms with Gasteiger partial charge in [0, 0.05) is 12.1 Å². The molecule has 4 heteroatoms. The molecule has 1 aliphatic rings. The van der Waals surface area contributed by atoms with E-state index in [0.717, 1.165) is 0 Å². The summed E-state index contributed by atoms with van der Waals surface area (Å²) in [5, 5.41) is 0. The third-order valence-corrected chi connectivity index (χ3v) is 2.66. The average molecular weight is 202 g/mol. The van der Waals surface area contributed by atoms with Crippen molar-refractivity contribution in [3.63, 3.8) is 0 Å². The maximum atomic E-state index is 4.29. The number of H-pyrrole nitrogens is 1. The number of imidazole rings is 1. The molecule has 13 heavy (non-hydrogen) atoms. The lowest BCUT2D eigenvalue weighted by Gasteiger charge is -2.27.